The Bertz CT molecular complexity index is 1410. The Morgan fingerprint density at radius 3 is 2.38 bits per heavy atom. The zero-order chi connectivity index (χ0) is 22.6. The molecule has 0 atom stereocenters. The van der Waals surface area contributed by atoms with Crippen LogP contribution in [-0.4, -0.2) is 24.5 Å². The van der Waals surface area contributed by atoms with Gasteiger partial charge in [-0.15, -0.1) is 0 Å². The van der Waals surface area contributed by atoms with Crippen LogP contribution in [0.5, 0.6) is 0 Å². The van der Waals surface area contributed by atoms with Crippen LogP contribution < -0.4 is 10.2 Å². The van der Waals surface area contributed by atoms with Crippen molar-refractivity contribution in [2.24, 2.45) is 0 Å². The van der Waals surface area contributed by atoms with Gasteiger partial charge in [0.1, 0.15) is 4.90 Å². The lowest BCUT2D eigenvalue weighted by Crippen LogP contribution is -2.16. The molecule has 0 spiro atoms. The molecule has 0 radical (unpaired) electrons. The van der Waals surface area contributed by atoms with Crippen molar-refractivity contribution in [3.8, 4) is 0 Å². The highest BCUT2D eigenvalue weighted by Crippen LogP contribution is 2.28. The Hall–Kier alpha value is -4.01. The molecule has 0 saturated heterocycles. The maximum Gasteiger partial charge on any atom is 0.267 e. The molecule has 1 heterocycles. The summed E-state index contributed by atoms with van der Waals surface area (Å²) in [5.41, 5.74) is 4.13. The average Bonchev–Trinajstić information content (AvgIpc) is 2.82. The Balaban J connectivity index is 1.74. The minimum atomic E-state index is -3.93. The summed E-state index contributed by atoms with van der Waals surface area (Å²) in [7, 11) is -3.93. The highest BCUT2D eigenvalue weighted by Gasteiger charge is 2.19. The van der Waals surface area contributed by atoms with Crippen molar-refractivity contribution >= 4 is 38.1 Å². The van der Waals surface area contributed by atoms with Crippen molar-refractivity contribution in [2.75, 3.05) is 4.72 Å². The monoisotopic (exact) mass is 445 g/mol. The Kier molecular flexibility index (Phi) is 5.98. The first-order valence-corrected chi connectivity index (χ1v) is 11.1. The normalized spacial score (nSPS) is 11.8. The highest BCUT2D eigenvalue weighted by atomic mass is 32.2. The lowest BCUT2D eigenvalue weighted by atomic mass is 9.97. The number of benzene rings is 3. The topological polar surface area (TPSA) is 108 Å². The standard InChI is InChI=1S/C24H19N3O4S/c28-23(26-29)16-21(17-7-2-1-3-8-17)19-10-4-12-20(15-19)27-32(30,31)22-13-5-9-18-11-6-14-25-24(18)22/h1-16,27,29H,(H,26,28)/b21-16-. The summed E-state index contributed by atoms with van der Waals surface area (Å²) in [6.07, 6.45) is 2.79. The summed E-state index contributed by atoms with van der Waals surface area (Å²) in [6, 6.07) is 24.3. The molecule has 1 amide bonds. The molecule has 0 aliphatic rings. The fourth-order valence-corrected chi connectivity index (χ4v) is 4.60. The number of carbonyl (C=O) groups excluding carboxylic acids is 1. The Morgan fingerprint density at radius 1 is 0.875 bits per heavy atom. The van der Waals surface area contributed by atoms with Crippen LogP contribution in [0.15, 0.2) is 102 Å². The molecule has 4 rings (SSSR count). The lowest BCUT2D eigenvalue weighted by molar-refractivity contribution is -0.124. The summed E-state index contributed by atoms with van der Waals surface area (Å²) in [4.78, 5) is 16.1. The number of hydrogen-bond donors (Lipinski definition) is 3. The van der Waals surface area contributed by atoms with Gasteiger partial charge in [-0.2, -0.15) is 0 Å². The maximum atomic E-state index is 13.1. The van der Waals surface area contributed by atoms with Crippen LogP contribution in [0.1, 0.15) is 11.1 Å². The van der Waals surface area contributed by atoms with Crippen LogP contribution in [0.3, 0.4) is 0 Å². The molecule has 3 N–H and O–H groups in total. The van der Waals surface area contributed by atoms with Gasteiger partial charge in [0.15, 0.2) is 0 Å². The summed E-state index contributed by atoms with van der Waals surface area (Å²) >= 11 is 0. The van der Waals surface area contributed by atoms with Gasteiger partial charge in [-0.1, -0.05) is 60.7 Å². The molecule has 0 unspecified atom stereocenters. The largest absolute Gasteiger partial charge is 0.288 e. The zero-order valence-electron chi connectivity index (χ0n) is 16.8. The molecule has 0 fully saturated rings. The number of hydroxylamine groups is 1. The van der Waals surface area contributed by atoms with Gasteiger partial charge >= 0.3 is 0 Å². The molecule has 0 aliphatic carbocycles. The van der Waals surface area contributed by atoms with Crippen LogP contribution in [0, 0.1) is 0 Å². The van der Waals surface area contributed by atoms with Crippen LogP contribution in [0.25, 0.3) is 16.5 Å². The number of nitrogens with zero attached hydrogens (tertiary/aromatic N) is 1. The van der Waals surface area contributed by atoms with E-state index < -0.39 is 15.9 Å². The quantitative estimate of drug-likeness (QED) is 0.236. The number of pyridine rings is 1. The fourth-order valence-electron chi connectivity index (χ4n) is 3.37. The summed E-state index contributed by atoms with van der Waals surface area (Å²) in [5, 5.41) is 9.67. The summed E-state index contributed by atoms with van der Waals surface area (Å²) < 4.78 is 28.9. The fraction of sp³-hybridized carbons (Fsp3) is 0. The van der Waals surface area contributed by atoms with Crippen molar-refractivity contribution in [1.82, 2.24) is 10.5 Å². The summed E-state index contributed by atoms with van der Waals surface area (Å²) in [5.74, 6) is -0.698. The van der Waals surface area contributed by atoms with E-state index in [0.29, 0.717) is 27.7 Å². The van der Waals surface area contributed by atoms with Crippen molar-refractivity contribution in [3.63, 3.8) is 0 Å². The number of para-hydroxylation sites is 1. The Morgan fingerprint density at radius 2 is 1.59 bits per heavy atom. The minimum absolute atomic E-state index is 0.0690. The number of amides is 1. The SMILES string of the molecule is O=C(/C=C(/c1ccccc1)c1cccc(NS(=O)(=O)c2cccc3cccnc23)c1)NO. The van der Waals surface area contributed by atoms with E-state index in [4.69, 9.17) is 5.21 Å². The summed E-state index contributed by atoms with van der Waals surface area (Å²) in [6.45, 7) is 0. The van der Waals surface area contributed by atoms with Gasteiger partial charge in [-0.25, -0.2) is 13.9 Å². The van der Waals surface area contributed by atoms with Crippen molar-refractivity contribution in [1.29, 1.82) is 0 Å². The molecule has 0 bridgehead atoms. The molecule has 0 aliphatic heterocycles. The third-order valence-corrected chi connectivity index (χ3v) is 6.19. The second kappa shape index (κ2) is 9.01. The first kappa shape index (κ1) is 21.2. The molecule has 160 valence electrons. The molecule has 3 aromatic carbocycles. The zero-order valence-corrected chi connectivity index (χ0v) is 17.6. The molecule has 7 nitrogen and oxygen atoms in total. The van der Waals surface area contributed by atoms with Crippen molar-refractivity contribution < 1.29 is 18.4 Å². The Labute approximate surface area is 185 Å². The van der Waals surface area contributed by atoms with Crippen LogP contribution >= 0.6 is 0 Å². The molecule has 32 heavy (non-hydrogen) atoms. The van der Waals surface area contributed by atoms with Gasteiger partial charge in [-0.05, 0) is 41.0 Å². The predicted octanol–water partition coefficient (Wildman–Crippen LogP) is 3.97. The van der Waals surface area contributed by atoms with E-state index in [1.807, 2.05) is 30.3 Å². The smallest absolute Gasteiger partial charge is 0.267 e. The molecule has 1 aromatic heterocycles. The average molecular weight is 446 g/mol. The van der Waals surface area contributed by atoms with E-state index in [9.17, 15) is 13.2 Å². The third kappa shape index (κ3) is 4.51. The van der Waals surface area contributed by atoms with Gasteiger partial charge < -0.3 is 0 Å². The second-order valence-corrected chi connectivity index (χ2v) is 8.57. The molecule has 0 saturated carbocycles. The molecular weight excluding hydrogens is 426 g/mol. The van der Waals surface area contributed by atoms with Gasteiger partial charge in [-0.3, -0.25) is 19.7 Å². The number of rotatable bonds is 6. The minimum Gasteiger partial charge on any atom is -0.288 e. The van der Waals surface area contributed by atoms with Crippen LogP contribution in [-0.2, 0) is 14.8 Å². The van der Waals surface area contributed by atoms with Crippen molar-refractivity contribution in [3.05, 3.63) is 108 Å². The van der Waals surface area contributed by atoms with Gasteiger partial charge in [0.25, 0.3) is 15.9 Å². The number of nitrogens with one attached hydrogen (secondary N) is 2. The second-order valence-electron chi connectivity index (χ2n) is 6.92. The molecule has 4 aromatic rings. The number of carbonyl (C=O) groups is 1. The van der Waals surface area contributed by atoms with E-state index in [1.165, 1.54) is 12.1 Å². The maximum absolute atomic E-state index is 13.1. The van der Waals surface area contributed by atoms with E-state index >= 15 is 0 Å². The first-order chi connectivity index (χ1) is 15.5. The van der Waals surface area contributed by atoms with Gasteiger partial charge in [0, 0.05) is 23.3 Å². The lowest BCUT2D eigenvalue weighted by Gasteiger charge is -2.13. The first-order valence-electron chi connectivity index (χ1n) is 9.66. The van der Waals surface area contributed by atoms with Crippen LogP contribution in [0.2, 0.25) is 0 Å². The number of sulfonamides is 1. The third-order valence-electron chi connectivity index (χ3n) is 4.78. The van der Waals surface area contributed by atoms with E-state index in [1.54, 1.807) is 60.2 Å². The van der Waals surface area contributed by atoms with E-state index in [-0.39, 0.29) is 4.90 Å². The predicted molar refractivity (Wildman–Crippen MR) is 122 cm³/mol. The number of aromatic nitrogens is 1. The van der Waals surface area contributed by atoms with E-state index in [0.717, 1.165) is 5.56 Å². The molecule has 8 heteroatoms. The number of anilines is 1. The van der Waals surface area contributed by atoms with Gasteiger partial charge in [0.2, 0.25) is 0 Å². The van der Waals surface area contributed by atoms with Crippen molar-refractivity contribution in [2.45, 2.75) is 4.90 Å². The van der Waals surface area contributed by atoms with Gasteiger partial charge in [0.05, 0.1) is 5.52 Å². The van der Waals surface area contributed by atoms with Crippen LogP contribution in [0.4, 0.5) is 5.69 Å². The molecular formula is C24H19N3O4S. The van der Waals surface area contributed by atoms with E-state index in [2.05, 4.69) is 9.71 Å². The number of fused-ring (bicyclic) bond motifs is 1. The highest BCUT2D eigenvalue weighted by molar-refractivity contribution is 7.93. The number of hydrogen-bond acceptors (Lipinski definition) is 5.